The molecule has 5 heterocycles. The van der Waals surface area contributed by atoms with Gasteiger partial charge in [-0.05, 0) is 139 Å². The third kappa shape index (κ3) is 5.78. The van der Waals surface area contributed by atoms with E-state index in [1.165, 1.54) is 0 Å². The maximum absolute atomic E-state index is 12.4. The van der Waals surface area contributed by atoms with E-state index in [1.54, 1.807) is 0 Å². The molecular weight excluding hydrogens is 917 g/mol. The van der Waals surface area contributed by atoms with Gasteiger partial charge in [-0.15, -0.1) is 0 Å². The van der Waals surface area contributed by atoms with Crippen molar-refractivity contribution in [1.82, 2.24) is 18.3 Å². The van der Waals surface area contributed by atoms with Crippen LogP contribution < -0.4 is 0 Å². The second-order valence-corrected chi connectivity index (χ2v) is 20.8. The van der Waals surface area contributed by atoms with Gasteiger partial charge in [0.2, 0.25) is 5.69 Å². The zero-order valence-corrected chi connectivity index (χ0v) is 42.3. The average Bonchev–Trinajstić information content (AvgIpc) is 4.20. The van der Waals surface area contributed by atoms with Crippen LogP contribution in [0.15, 0.2) is 174 Å². The molecule has 10 aromatic carbocycles. The summed E-state index contributed by atoms with van der Waals surface area (Å²) < 4.78 is 16.2. The highest BCUT2D eigenvalue weighted by Gasteiger charge is 2.35. The molecule has 0 aliphatic carbocycles. The molecule has 0 fully saturated rings. The van der Waals surface area contributed by atoms with Crippen LogP contribution in [-0.4, -0.2) is 18.3 Å². The molecule has 5 aromatic heterocycles. The molecule has 0 amide bonds. The van der Waals surface area contributed by atoms with Gasteiger partial charge in [-0.2, -0.15) is 5.26 Å². The summed E-state index contributed by atoms with van der Waals surface area (Å²) in [6, 6.07) is 63.8. The average molecular weight is 963 g/mol. The van der Waals surface area contributed by atoms with Crippen LogP contribution in [0.5, 0.6) is 0 Å². The third-order valence-electron chi connectivity index (χ3n) is 15.9. The Morgan fingerprint density at radius 2 is 0.733 bits per heavy atom. The van der Waals surface area contributed by atoms with Gasteiger partial charge in [-0.1, -0.05) is 106 Å². The first kappa shape index (κ1) is 42.8. The molecule has 0 bridgehead atoms. The number of rotatable bonds is 4. The van der Waals surface area contributed by atoms with Crippen molar-refractivity contribution in [1.29, 1.82) is 5.26 Å². The Morgan fingerprint density at radius 1 is 0.373 bits per heavy atom. The minimum absolute atomic E-state index is 0.253. The van der Waals surface area contributed by atoms with Gasteiger partial charge in [0.15, 0.2) is 0 Å². The van der Waals surface area contributed by atoms with Crippen LogP contribution in [0.1, 0.15) is 38.9 Å². The highest BCUT2D eigenvalue weighted by Crippen LogP contribution is 2.52. The number of benzene rings is 10. The minimum atomic E-state index is 0.253. The van der Waals surface area contributed by atoms with Gasteiger partial charge in [0.05, 0.1) is 90.5 Å². The number of hydrogen-bond donors (Lipinski definition) is 0. The Kier molecular flexibility index (Phi) is 8.77. The van der Waals surface area contributed by atoms with Crippen molar-refractivity contribution in [2.75, 3.05) is 0 Å². The summed E-state index contributed by atoms with van der Waals surface area (Å²) in [4.78, 5) is 4.64. The quantitative estimate of drug-likeness (QED) is 0.165. The zero-order valence-electron chi connectivity index (χ0n) is 42.3. The van der Waals surface area contributed by atoms with Crippen molar-refractivity contribution in [2.45, 2.75) is 41.5 Å². The first-order valence-electron chi connectivity index (χ1n) is 25.5. The molecule has 7 heteroatoms. The fourth-order valence-electron chi connectivity index (χ4n) is 12.7. The SMILES string of the molecule is [C-]#[N+]c1c(C#N)c(-n2c3ccccc3c3c4oc5ccccc5c4ccc32)c(-n2c3ccc(C)cc3c3cc(C)ccc32)c(-n2c3ccc(C)cc3c3cc(C)ccc32)c1-n1c2ccc(C)cc2c2cc(C)ccc21. The number of aromatic nitrogens is 4. The highest BCUT2D eigenvalue weighted by molar-refractivity contribution is 6.25. The second-order valence-electron chi connectivity index (χ2n) is 20.8. The maximum Gasteiger partial charge on any atom is 0.232 e. The Labute approximate surface area is 431 Å². The summed E-state index contributed by atoms with van der Waals surface area (Å²) in [7, 11) is 0. The largest absolute Gasteiger partial charge is 0.455 e. The molecule has 0 saturated heterocycles. The monoisotopic (exact) mass is 962 g/mol. The molecule has 0 N–H and O–H groups in total. The van der Waals surface area contributed by atoms with E-state index >= 15 is 0 Å². The molecule has 15 rings (SSSR count). The smallest absolute Gasteiger partial charge is 0.232 e. The van der Waals surface area contributed by atoms with E-state index in [1.807, 2.05) is 12.1 Å². The molecule has 0 spiro atoms. The van der Waals surface area contributed by atoms with Gasteiger partial charge in [0.25, 0.3) is 0 Å². The number of aryl methyl sites for hydroxylation is 6. The van der Waals surface area contributed by atoms with Gasteiger partial charge in [-0.25, -0.2) is 4.85 Å². The van der Waals surface area contributed by atoms with Crippen molar-refractivity contribution < 1.29 is 4.42 Å². The molecule has 354 valence electrons. The number of furan rings is 1. The number of nitrogens with zero attached hydrogens (tertiary/aromatic N) is 6. The van der Waals surface area contributed by atoms with Crippen LogP contribution in [0.2, 0.25) is 0 Å². The van der Waals surface area contributed by atoms with E-state index in [0.29, 0.717) is 11.4 Å². The van der Waals surface area contributed by atoms with Crippen LogP contribution in [0, 0.1) is 59.4 Å². The fourth-order valence-corrected chi connectivity index (χ4v) is 12.7. The Hall–Kier alpha value is -9.82. The molecular formula is C68H46N6O. The zero-order chi connectivity index (χ0) is 50.7. The third-order valence-corrected chi connectivity index (χ3v) is 15.9. The Morgan fingerprint density at radius 3 is 1.17 bits per heavy atom. The first-order chi connectivity index (χ1) is 36.6. The normalized spacial score (nSPS) is 12.1. The lowest BCUT2D eigenvalue weighted by Gasteiger charge is -2.28. The van der Waals surface area contributed by atoms with Crippen molar-refractivity contribution in [3.8, 4) is 28.8 Å². The van der Waals surface area contributed by atoms with Crippen LogP contribution in [0.4, 0.5) is 5.69 Å². The van der Waals surface area contributed by atoms with E-state index in [-0.39, 0.29) is 11.3 Å². The lowest BCUT2D eigenvalue weighted by Crippen LogP contribution is -2.15. The topological polar surface area (TPSA) is 61.0 Å². The lowest BCUT2D eigenvalue weighted by atomic mass is 10.0. The predicted molar refractivity (Wildman–Crippen MR) is 310 cm³/mol. The number of fused-ring (bicyclic) bond motifs is 16. The molecule has 15 aromatic rings. The first-order valence-corrected chi connectivity index (χ1v) is 25.5. The van der Waals surface area contributed by atoms with Gasteiger partial charge in [0, 0.05) is 48.5 Å². The van der Waals surface area contributed by atoms with E-state index in [4.69, 9.17) is 4.42 Å². The van der Waals surface area contributed by atoms with Gasteiger partial charge < -0.3 is 22.7 Å². The molecule has 0 aliphatic rings. The summed E-state index contributed by atoms with van der Waals surface area (Å²) in [6.07, 6.45) is 0. The van der Waals surface area contributed by atoms with E-state index in [0.717, 1.165) is 154 Å². The minimum Gasteiger partial charge on any atom is -0.455 e. The number of para-hydroxylation sites is 2. The summed E-state index contributed by atoms with van der Waals surface area (Å²) in [5, 5.41) is 22.9. The molecule has 75 heavy (non-hydrogen) atoms. The van der Waals surface area contributed by atoms with Crippen molar-refractivity contribution in [2.24, 2.45) is 0 Å². The van der Waals surface area contributed by atoms with Crippen molar-refractivity contribution in [3.63, 3.8) is 0 Å². The van der Waals surface area contributed by atoms with E-state index in [2.05, 4.69) is 228 Å². The van der Waals surface area contributed by atoms with E-state index in [9.17, 15) is 11.8 Å². The van der Waals surface area contributed by atoms with Crippen molar-refractivity contribution in [3.05, 3.63) is 220 Å². The fraction of sp³-hybridized carbons (Fsp3) is 0.0882. The standard InChI is InChI=1S/C68H46N6O/c1-37-16-23-54-46(30-37)47-31-38(2)17-24-55(47)71(54)65-63(70-7)52(36-69)64(74-53-14-10-8-13-45(53)62-60(74)29-22-44-43-12-9-11-15-61(43)75-68(44)62)66(72-56-25-18-39(3)32-48(56)49-33-40(4)19-26-57(49)72)67(65)73-58-27-20-41(5)34-50(58)51-35-42(6)21-28-59(51)73/h8-35H,1-6H3. The summed E-state index contributed by atoms with van der Waals surface area (Å²) >= 11 is 0. The summed E-state index contributed by atoms with van der Waals surface area (Å²) in [5.41, 5.74) is 19.3. The predicted octanol–water partition coefficient (Wildman–Crippen LogP) is 18.2. The van der Waals surface area contributed by atoms with Gasteiger partial charge in [-0.3, -0.25) is 0 Å². The summed E-state index contributed by atoms with van der Waals surface area (Å²) in [6.45, 7) is 22.5. The van der Waals surface area contributed by atoms with E-state index < -0.39 is 0 Å². The summed E-state index contributed by atoms with van der Waals surface area (Å²) in [5.74, 6) is 0. The van der Waals surface area contributed by atoms with Crippen LogP contribution in [-0.2, 0) is 0 Å². The van der Waals surface area contributed by atoms with Crippen molar-refractivity contribution >= 4 is 115 Å². The maximum atomic E-state index is 12.4. The van der Waals surface area contributed by atoms with Crippen LogP contribution in [0.3, 0.4) is 0 Å². The van der Waals surface area contributed by atoms with Crippen LogP contribution >= 0.6 is 0 Å². The molecule has 0 aliphatic heterocycles. The Balaban J connectivity index is 1.29. The molecule has 0 unspecified atom stereocenters. The highest BCUT2D eigenvalue weighted by atomic mass is 16.3. The number of hydrogen-bond acceptors (Lipinski definition) is 2. The molecule has 0 radical (unpaired) electrons. The molecule has 0 atom stereocenters. The number of nitriles is 1. The Bertz CT molecular complexity index is 4990. The lowest BCUT2D eigenvalue weighted by molar-refractivity contribution is 0.673. The van der Waals surface area contributed by atoms with Gasteiger partial charge >= 0.3 is 0 Å². The molecule has 7 nitrogen and oxygen atoms in total. The van der Waals surface area contributed by atoms with Crippen LogP contribution in [0.25, 0.3) is 137 Å². The van der Waals surface area contributed by atoms with Gasteiger partial charge in [0.1, 0.15) is 11.2 Å². The molecule has 0 saturated carbocycles. The second kappa shape index (κ2) is 15.4.